The summed E-state index contributed by atoms with van der Waals surface area (Å²) in [5.41, 5.74) is 4.14. The zero-order chi connectivity index (χ0) is 32.6. The van der Waals surface area contributed by atoms with E-state index in [1.54, 1.807) is 48.5 Å². The molecule has 5 aromatic rings. The van der Waals surface area contributed by atoms with E-state index in [1.165, 1.54) is 6.08 Å². The van der Waals surface area contributed by atoms with Crippen molar-refractivity contribution >= 4 is 74.2 Å². The van der Waals surface area contributed by atoms with Crippen molar-refractivity contribution < 1.29 is 19.0 Å². The van der Waals surface area contributed by atoms with E-state index in [4.69, 9.17) is 37.4 Å². The number of carbonyl (C=O) groups is 1. The largest absolute Gasteiger partial charge is 0.490 e. The summed E-state index contributed by atoms with van der Waals surface area (Å²) in [5.74, 6) is 1.20. The Morgan fingerprint density at radius 1 is 0.935 bits per heavy atom. The van der Waals surface area contributed by atoms with Crippen LogP contribution in [-0.2, 0) is 18.0 Å². The number of amides is 1. The molecular formula is C37H29Cl2IN2O4. The van der Waals surface area contributed by atoms with Crippen molar-refractivity contribution in [2.24, 2.45) is 0 Å². The summed E-state index contributed by atoms with van der Waals surface area (Å²) in [6, 6.07) is 30.2. The molecular weight excluding hydrogens is 734 g/mol. The zero-order valence-corrected chi connectivity index (χ0v) is 28.7. The summed E-state index contributed by atoms with van der Waals surface area (Å²) in [6.45, 7) is 5.01. The van der Waals surface area contributed by atoms with Gasteiger partial charge in [-0.2, -0.15) is 5.26 Å². The van der Waals surface area contributed by atoms with E-state index in [0.29, 0.717) is 51.8 Å². The number of anilines is 1. The SMILES string of the molecule is CCOc1cc(/C=C(\C#N)C(=O)Nc2ccc(OCc3ccc(Cl)cc3Cl)cc2)cc(I)c1OCc1c(C)ccc2ccccc12. The van der Waals surface area contributed by atoms with Crippen LogP contribution in [0.2, 0.25) is 10.0 Å². The molecule has 0 aromatic heterocycles. The minimum Gasteiger partial charge on any atom is -0.490 e. The number of nitrogens with one attached hydrogen (secondary N) is 1. The molecule has 1 amide bonds. The Labute approximate surface area is 291 Å². The lowest BCUT2D eigenvalue weighted by molar-refractivity contribution is -0.112. The van der Waals surface area contributed by atoms with Crippen molar-refractivity contribution in [1.29, 1.82) is 5.26 Å². The van der Waals surface area contributed by atoms with Crippen molar-refractivity contribution in [1.82, 2.24) is 0 Å². The number of benzene rings is 5. The molecule has 5 rings (SSSR count). The standard InChI is InChI=1S/C37H29Cl2IN2O4/c1-3-44-35-18-24(17-34(40)36(35)46-22-32-23(2)8-9-25-6-4-5-7-31(25)32)16-27(20-41)37(43)42-29-12-14-30(15-13-29)45-21-26-10-11-28(38)19-33(26)39/h4-19H,3,21-22H2,1-2H3,(H,42,43)/b27-16+. The molecule has 46 heavy (non-hydrogen) atoms. The molecule has 0 saturated heterocycles. The van der Waals surface area contributed by atoms with E-state index in [2.05, 4.69) is 59.1 Å². The van der Waals surface area contributed by atoms with Crippen molar-refractivity contribution in [2.45, 2.75) is 27.1 Å². The van der Waals surface area contributed by atoms with Gasteiger partial charge in [-0.3, -0.25) is 4.79 Å². The van der Waals surface area contributed by atoms with Crippen LogP contribution in [0.25, 0.3) is 16.8 Å². The van der Waals surface area contributed by atoms with Gasteiger partial charge in [0, 0.05) is 26.9 Å². The number of carbonyl (C=O) groups excluding carboxylic acids is 1. The second-order valence-corrected chi connectivity index (χ2v) is 12.3. The molecule has 0 aliphatic rings. The van der Waals surface area contributed by atoms with Crippen LogP contribution in [-0.4, -0.2) is 12.5 Å². The van der Waals surface area contributed by atoms with E-state index in [-0.39, 0.29) is 12.2 Å². The van der Waals surface area contributed by atoms with Gasteiger partial charge < -0.3 is 19.5 Å². The second-order valence-electron chi connectivity index (χ2n) is 10.3. The summed E-state index contributed by atoms with van der Waals surface area (Å²) in [5, 5.41) is 16.0. The first-order valence-corrected chi connectivity index (χ1v) is 16.3. The number of nitrogens with zero attached hydrogens (tertiary/aromatic N) is 1. The third kappa shape index (κ3) is 8.13. The molecule has 0 aliphatic heterocycles. The highest BCUT2D eigenvalue weighted by molar-refractivity contribution is 14.1. The molecule has 0 radical (unpaired) electrons. The molecule has 232 valence electrons. The number of ether oxygens (including phenoxy) is 3. The van der Waals surface area contributed by atoms with Gasteiger partial charge in [0.25, 0.3) is 5.91 Å². The Bertz CT molecular complexity index is 1970. The number of nitriles is 1. The smallest absolute Gasteiger partial charge is 0.266 e. The fraction of sp³-hybridized carbons (Fsp3) is 0.135. The van der Waals surface area contributed by atoms with Gasteiger partial charge in [0.05, 0.1) is 10.2 Å². The molecule has 0 heterocycles. The van der Waals surface area contributed by atoms with Crippen molar-refractivity contribution in [3.05, 3.63) is 132 Å². The Morgan fingerprint density at radius 3 is 2.46 bits per heavy atom. The molecule has 5 aromatic carbocycles. The maximum atomic E-state index is 13.1. The van der Waals surface area contributed by atoms with Gasteiger partial charge in [-0.05, 0) is 113 Å². The minimum absolute atomic E-state index is 0.0593. The predicted octanol–water partition coefficient (Wildman–Crippen LogP) is 10.2. The molecule has 0 aliphatic carbocycles. The first kappa shape index (κ1) is 33.1. The van der Waals surface area contributed by atoms with Crippen LogP contribution in [0.3, 0.4) is 0 Å². The Morgan fingerprint density at radius 2 is 1.72 bits per heavy atom. The van der Waals surface area contributed by atoms with Crippen LogP contribution >= 0.6 is 45.8 Å². The van der Waals surface area contributed by atoms with Gasteiger partial charge in [0.1, 0.15) is 30.6 Å². The normalized spacial score (nSPS) is 11.2. The van der Waals surface area contributed by atoms with Crippen molar-refractivity contribution in [3.63, 3.8) is 0 Å². The summed E-state index contributed by atoms with van der Waals surface area (Å²) < 4.78 is 18.9. The van der Waals surface area contributed by atoms with Crippen LogP contribution in [0.15, 0.2) is 96.6 Å². The highest BCUT2D eigenvalue weighted by Gasteiger charge is 2.16. The lowest BCUT2D eigenvalue weighted by Crippen LogP contribution is -2.13. The van der Waals surface area contributed by atoms with Gasteiger partial charge >= 0.3 is 0 Å². The average molecular weight is 763 g/mol. The highest BCUT2D eigenvalue weighted by Crippen LogP contribution is 2.36. The first-order valence-electron chi connectivity index (χ1n) is 14.4. The van der Waals surface area contributed by atoms with E-state index >= 15 is 0 Å². The second kappa shape index (κ2) is 15.4. The molecule has 0 spiro atoms. The van der Waals surface area contributed by atoms with Crippen LogP contribution in [0.5, 0.6) is 17.2 Å². The number of rotatable bonds is 11. The van der Waals surface area contributed by atoms with E-state index in [0.717, 1.165) is 31.0 Å². The first-order chi connectivity index (χ1) is 22.2. The third-order valence-corrected chi connectivity index (χ3v) is 8.55. The zero-order valence-electron chi connectivity index (χ0n) is 25.1. The number of halogens is 3. The number of aryl methyl sites for hydroxylation is 1. The van der Waals surface area contributed by atoms with Gasteiger partial charge in [0.2, 0.25) is 0 Å². The Balaban J connectivity index is 1.28. The predicted molar refractivity (Wildman–Crippen MR) is 193 cm³/mol. The summed E-state index contributed by atoms with van der Waals surface area (Å²) in [4.78, 5) is 13.1. The van der Waals surface area contributed by atoms with Crippen LogP contribution < -0.4 is 19.5 Å². The van der Waals surface area contributed by atoms with E-state index in [9.17, 15) is 10.1 Å². The van der Waals surface area contributed by atoms with Crippen LogP contribution in [0.1, 0.15) is 29.2 Å². The van der Waals surface area contributed by atoms with Crippen LogP contribution in [0, 0.1) is 21.8 Å². The molecule has 0 fully saturated rings. The van der Waals surface area contributed by atoms with Crippen LogP contribution in [0.4, 0.5) is 5.69 Å². The number of hydrogen-bond acceptors (Lipinski definition) is 5. The van der Waals surface area contributed by atoms with Gasteiger partial charge in [-0.15, -0.1) is 0 Å². The maximum Gasteiger partial charge on any atom is 0.266 e. The fourth-order valence-corrected chi connectivity index (χ4v) is 6.05. The third-order valence-electron chi connectivity index (χ3n) is 7.17. The fourth-order valence-electron chi connectivity index (χ4n) is 4.80. The quantitative estimate of drug-likeness (QED) is 0.0823. The van der Waals surface area contributed by atoms with Crippen molar-refractivity contribution in [2.75, 3.05) is 11.9 Å². The highest BCUT2D eigenvalue weighted by atomic mass is 127. The Kier molecular flexibility index (Phi) is 11.1. The monoisotopic (exact) mass is 762 g/mol. The minimum atomic E-state index is -0.538. The lowest BCUT2D eigenvalue weighted by atomic mass is 10.0. The summed E-state index contributed by atoms with van der Waals surface area (Å²) in [6.07, 6.45) is 1.53. The molecule has 9 heteroatoms. The molecule has 0 saturated carbocycles. The van der Waals surface area contributed by atoms with Crippen molar-refractivity contribution in [3.8, 4) is 23.3 Å². The molecule has 1 N–H and O–H groups in total. The maximum absolute atomic E-state index is 13.1. The topological polar surface area (TPSA) is 80.6 Å². The van der Waals surface area contributed by atoms with Gasteiger partial charge in [0.15, 0.2) is 11.5 Å². The summed E-state index contributed by atoms with van der Waals surface area (Å²) >= 11 is 14.4. The molecule has 0 bridgehead atoms. The number of hydrogen-bond donors (Lipinski definition) is 1. The van der Waals surface area contributed by atoms with E-state index < -0.39 is 5.91 Å². The Hall–Kier alpha value is -4.23. The lowest BCUT2D eigenvalue weighted by Gasteiger charge is -2.17. The molecule has 0 atom stereocenters. The van der Waals surface area contributed by atoms with Gasteiger partial charge in [-0.1, -0.05) is 65.7 Å². The average Bonchev–Trinajstić information content (AvgIpc) is 3.04. The van der Waals surface area contributed by atoms with E-state index in [1.807, 2.05) is 31.2 Å². The molecule has 0 unspecified atom stereocenters. The summed E-state index contributed by atoms with van der Waals surface area (Å²) in [7, 11) is 0. The number of fused-ring (bicyclic) bond motifs is 1. The molecule has 6 nitrogen and oxygen atoms in total. The van der Waals surface area contributed by atoms with Gasteiger partial charge in [-0.25, -0.2) is 0 Å².